The molecule has 39 heavy (non-hydrogen) atoms. The molecule has 0 unspecified atom stereocenters. The quantitative estimate of drug-likeness (QED) is 0.318. The second-order valence-electron chi connectivity index (χ2n) is 9.40. The number of imidazole rings is 2. The highest BCUT2D eigenvalue weighted by Crippen LogP contribution is 2.29. The normalized spacial score (nSPS) is 13.7. The standard InChI is InChI=1S/C29H27N9O/c1-36-24-10-6-5-9-23(24)32-29(36)35-28-33-26(25-27(34-28)38(19-30-25)22-7-3-2-4-8-22)31-20-11-13-21(14-12-20)37-15-17-39-18-16-37/h2-14,19H,15-18H2,1H3,(H2,31,32,33,34,35). The Morgan fingerprint density at radius 1 is 0.769 bits per heavy atom. The molecule has 7 rings (SSSR count). The molecule has 6 aromatic rings. The molecule has 10 nitrogen and oxygen atoms in total. The van der Waals surface area contributed by atoms with Gasteiger partial charge in [0.2, 0.25) is 11.9 Å². The number of benzene rings is 3. The van der Waals surface area contributed by atoms with Crippen LogP contribution in [-0.2, 0) is 11.8 Å². The van der Waals surface area contributed by atoms with E-state index >= 15 is 0 Å². The van der Waals surface area contributed by atoms with Gasteiger partial charge in [-0.2, -0.15) is 9.97 Å². The smallest absolute Gasteiger partial charge is 0.233 e. The molecule has 0 spiro atoms. The SMILES string of the molecule is Cn1c(Nc2nc(Nc3ccc(N4CCOCC4)cc3)c3ncn(-c4ccccc4)c3n2)nc2ccccc21. The number of hydrogen-bond acceptors (Lipinski definition) is 8. The third-order valence-electron chi connectivity index (χ3n) is 6.95. The van der Waals surface area contributed by atoms with Crippen LogP contribution < -0.4 is 15.5 Å². The zero-order valence-electron chi connectivity index (χ0n) is 21.5. The lowest BCUT2D eigenvalue weighted by Crippen LogP contribution is -2.36. The summed E-state index contributed by atoms with van der Waals surface area (Å²) in [5, 5.41) is 6.80. The molecule has 1 aliphatic rings. The third-order valence-corrected chi connectivity index (χ3v) is 6.95. The minimum atomic E-state index is 0.422. The second-order valence-corrected chi connectivity index (χ2v) is 9.40. The number of nitrogens with zero attached hydrogens (tertiary/aromatic N) is 7. The number of fused-ring (bicyclic) bond motifs is 2. The van der Waals surface area contributed by atoms with Crippen LogP contribution in [0.15, 0.2) is 85.2 Å². The first-order valence-corrected chi connectivity index (χ1v) is 12.9. The molecular formula is C29H27N9O. The number of para-hydroxylation sites is 3. The van der Waals surface area contributed by atoms with E-state index in [1.54, 1.807) is 6.33 Å². The zero-order valence-corrected chi connectivity index (χ0v) is 21.5. The average molecular weight is 518 g/mol. The molecule has 3 aromatic carbocycles. The molecule has 0 radical (unpaired) electrons. The molecule has 194 valence electrons. The Labute approximate surface area is 224 Å². The van der Waals surface area contributed by atoms with Crippen molar-refractivity contribution < 1.29 is 4.74 Å². The largest absolute Gasteiger partial charge is 0.378 e. The number of ether oxygens (including phenoxy) is 1. The predicted molar refractivity (Wildman–Crippen MR) is 153 cm³/mol. The van der Waals surface area contributed by atoms with Gasteiger partial charge in [-0.1, -0.05) is 30.3 Å². The minimum absolute atomic E-state index is 0.422. The van der Waals surface area contributed by atoms with Crippen LogP contribution in [0, 0.1) is 0 Å². The van der Waals surface area contributed by atoms with E-state index in [1.807, 2.05) is 70.8 Å². The van der Waals surface area contributed by atoms with Crippen molar-refractivity contribution in [1.82, 2.24) is 29.1 Å². The first kappa shape index (κ1) is 23.2. The van der Waals surface area contributed by atoms with E-state index in [0.717, 1.165) is 48.7 Å². The number of aromatic nitrogens is 6. The van der Waals surface area contributed by atoms with Crippen molar-refractivity contribution in [2.75, 3.05) is 41.8 Å². The number of aryl methyl sites for hydroxylation is 1. The van der Waals surface area contributed by atoms with Crippen LogP contribution in [-0.4, -0.2) is 55.4 Å². The lowest BCUT2D eigenvalue weighted by Gasteiger charge is -2.28. The van der Waals surface area contributed by atoms with Crippen molar-refractivity contribution in [3.8, 4) is 5.69 Å². The molecule has 0 saturated carbocycles. The van der Waals surface area contributed by atoms with Crippen molar-refractivity contribution in [3.63, 3.8) is 0 Å². The van der Waals surface area contributed by atoms with Gasteiger partial charge in [-0.25, -0.2) is 9.97 Å². The second kappa shape index (κ2) is 9.73. The molecule has 0 amide bonds. The van der Waals surface area contributed by atoms with Crippen molar-refractivity contribution in [3.05, 3.63) is 85.2 Å². The highest BCUT2D eigenvalue weighted by Gasteiger charge is 2.17. The van der Waals surface area contributed by atoms with Crippen LogP contribution in [0.3, 0.4) is 0 Å². The molecule has 2 N–H and O–H groups in total. The van der Waals surface area contributed by atoms with E-state index in [2.05, 4.69) is 44.8 Å². The van der Waals surface area contributed by atoms with E-state index in [4.69, 9.17) is 19.7 Å². The number of morpholine rings is 1. The van der Waals surface area contributed by atoms with E-state index in [0.29, 0.717) is 28.9 Å². The number of anilines is 5. The van der Waals surface area contributed by atoms with Crippen molar-refractivity contribution in [1.29, 1.82) is 0 Å². The topological polar surface area (TPSA) is 98.0 Å². The van der Waals surface area contributed by atoms with E-state index in [1.165, 1.54) is 5.69 Å². The summed E-state index contributed by atoms with van der Waals surface area (Å²) in [6.45, 7) is 3.30. The zero-order chi connectivity index (χ0) is 26.2. The number of hydrogen-bond donors (Lipinski definition) is 2. The number of nitrogens with one attached hydrogen (secondary N) is 2. The summed E-state index contributed by atoms with van der Waals surface area (Å²) < 4.78 is 9.44. The van der Waals surface area contributed by atoms with Crippen molar-refractivity contribution in [2.24, 2.45) is 7.05 Å². The fraction of sp³-hybridized carbons (Fsp3) is 0.172. The van der Waals surface area contributed by atoms with Crippen LogP contribution in [0.4, 0.5) is 29.1 Å². The monoisotopic (exact) mass is 517 g/mol. The van der Waals surface area contributed by atoms with Gasteiger partial charge in [0.1, 0.15) is 6.33 Å². The van der Waals surface area contributed by atoms with Gasteiger partial charge in [-0.05, 0) is 48.5 Å². The summed E-state index contributed by atoms with van der Waals surface area (Å²) >= 11 is 0. The summed E-state index contributed by atoms with van der Waals surface area (Å²) in [6.07, 6.45) is 1.78. The fourth-order valence-electron chi connectivity index (χ4n) is 4.89. The van der Waals surface area contributed by atoms with Gasteiger partial charge in [0, 0.05) is 37.2 Å². The molecule has 0 bridgehead atoms. The molecule has 10 heteroatoms. The van der Waals surface area contributed by atoms with Gasteiger partial charge < -0.3 is 19.5 Å². The third kappa shape index (κ3) is 4.40. The van der Waals surface area contributed by atoms with Crippen molar-refractivity contribution >= 4 is 51.3 Å². The molecule has 1 aliphatic heterocycles. The molecule has 1 saturated heterocycles. The Hall–Kier alpha value is -4.96. The van der Waals surface area contributed by atoms with Crippen molar-refractivity contribution in [2.45, 2.75) is 0 Å². The Balaban J connectivity index is 1.27. The van der Waals surface area contributed by atoms with E-state index in [-0.39, 0.29) is 0 Å². The minimum Gasteiger partial charge on any atom is -0.378 e. The maximum absolute atomic E-state index is 5.49. The van der Waals surface area contributed by atoms with E-state index < -0.39 is 0 Å². The Morgan fingerprint density at radius 2 is 1.54 bits per heavy atom. The Kier molecular flexibility index (Phi) is 5.78. The summed E-state index contributed by atoms with van der Waals surface area (Å²) in [6, 6.07) is 26.4. The fourth-order valence-corrected chi connectivity index (χ4v) is 4.89. The van der Waals surface area contributed by atoms with E-state index in [9.17, 15) is 0 Å². The summed E-state index contributed by atoms with van der Waals surface area (Å²) in [5.74, 6) is 1.68. The van der Waals surface area contributed by atoms with Crippen LogP contribution in [0.5, 0.6) is 0 Å². The van der Waals surface area contributed by atoms with Crippen LogP contribution in [0.1, 0.15) is 0 Å². The maximum Gasteiger partial charge on any atom is 0.233 e. The van der Waals surface area contributed by atoms with Gasteiger partial charge in [-0.3, -0.25) is 9.88 Å². The first-order valence-electron chi connectivity index (χ1n) is 12.9. The Morgan fingerprint density at radius 3 is 2.33 bits per heavy atom. The molecule has 4 heterocycles. The predicted octanol–water partition coefficient (Wildman–Crippen LogP) is 5.03. The first-order chi connectivity index (χ1) is 19.2. The van der Waals surface area contributed by atoms with Crippen LogP contribution in [0.25, 0.3) is 27.9 Å². The van der Waals surface area contributed by atoms with Crippen LogP contribution in [0.2, 0.25) is 0 Å². The lowest BCUT2D eigenvalue weighted by atomic mass is 10.2. The van der Waals surface area contributed by atoms with Gasteiger partial charge in [0.25, 0.3) is 0 Å². The molecule has 3 aromatic heterocycles. The van der Waals surface area contributed by atoms with Crippen LogP contribution >= 0.6 is 0 Å². The van der Waals surface area contributed by atoms with Gasteiger partial charge in [0.15, 0.2) is 17.0 Å². The summed E-state index contributed by atoms with van der Waals surface area (Å²) in [7, 11) is 1.97. The Bertz CT molecular complexity index is 1750. The molecular weight excluding hydrogens is 490 g/mol. The molecule has 0 aliphatic carbocycles. The van der Waals surface area contributed by atoms with Gasteiger partial charge in [-0.15, -0.1) is 0 Å². The summed E-state index contributed by atoms with van der Waals surface area (Å²) in [5.41, 5.74) is 6.33. The van der Waals surface area contributed by atoms with Gasteiger partial charge >= 0.3 is 0 Å². The molecule has 1 fully saturated rings. The highest BCUT2D eigenvalue weighted by atomic mass is 16.5. The molecule has 0 atom stereocenters. The average Bonchev–Trinajstić information content (AvgIpc) is 3.56. The lowest BCUT2D eigenvalue weighted by molar-refractivity contribution is 0.122. The summed E-state index contributed by atoms with van der Waals surface area (Å²) in [4.78, 5) is 21.5. The van der Waals surface area contributed by atoms with Gasteiger partial charge in [0.05, 0.1) is 24.2 Å². The number of rotatable bonds is 6. The highest BCUT2D eigenvalue weighted by molar-refractivity contribution is 5.88. The maximum atomic E-state index is 5.49.